The zero-order valence-electron chi connectivity index (χ0n) is 16.5. The average Bonchev–Trinajstić information content (AvgIpc) is 3.49. The van der Waals surface area contributed by atoms with E-state index in [1.807, 2.05) is 23.1 Å². The number of halogens is 1. The Kier molecular flexibility index (Phi) is 4.74. The van der Waals surface area contributed by atoms with Gasteiger partial charge in [-0.25, -0.2) is 9.29 Å². The van der Waals surface area contributed by atoms with E-state index in [9.17, 15) is 19.1 Å². The quantitative estimate of drug-likeness (QED) is 0.441. The number of amides is 2. The summed E-state index contributed by atoms with van der Waals surface area (Å²) in [6, 6.07) is 13.7. The molecule has 158 valence electrons. The molecule has 1 unspecified atom stereocenters. The summed E-state index contributed by atoms with van der Waals surface area (Å²) in [6.07, 6.45) is 1.75. The van der Waals surface area contributed by atoms with E-state index in [1.54, 1.807) is 12.1 Å². The number of carbonyl (C=O) groups is 2. The van der Waals surface area contributed by atoms with Gasteiger partial charge in [-0.15, -0.1) is 0 Å². The summed E-state index contributed by atoms with van der Waals surface area (Å²) >= 11 is 0. The normalized spacial score (nSPS) is 18.9. The van der Waals surface area contributed by atoms with Crippen LogP contribution in [0.5, 0.6) is 5.95 Å². The number of imide groups is 1. The highest BCUT2D eigenvalue weighted by Gasteiger charge is 2.48. The van der Waals surface area contributed by atoms with Crippen molar-refractivity contribution >= 4 is 17.5 Å². The van der Waals surface area contributed by atoms with Crippen LogP contribution in [0, 0.1) is 5.82 Å². The van der Waals surface area contributed by atoms with Gasteiger partial charge in [0.25, 0.3) is 11.6 Å². The van der Waals surface area contributed by atoms with E-state index in [4.69, 9.17) is 4.52 Å². The number of aromatic nitrogens is 2. The molecular weight excluding hydrogens is 403 g/mol. The largest absolute Gasteiger partial charge is 0.539 e. The third kappa shape index (κ3) is 3.57. The second-order valence-corrected chi connectivity index (χ2v) is 7.72. The van der Waals surface area contributed by atoms with Crippen LogP contribution in [0.15, 0.2) is 59.1 Å². The number of hydrogen-bond acceptors (Lipinski definition) is 6. The van der Waals surface area contributed by atoms with Crippen molar-refractivity contribution in [2.24, 2.45) is 0 Å². The third-order valence-electron chi connectivity index (χ3n) is 5.65. The van der Waals surface area contributed by atoms with Gasteiger partial charge in [-0.05, 0) is 41.8 Å². The molecule has 1 saturated carbocycles. The molecule has 0 spiro atoms. The first-order valence-electron chi connectivity index (χ1n) is 10.0. The highest BCUT2D eigenvalue weighted by atomic mass is 19.1. The molecule has 2 aliphatic rings. The molecule has 1 atom stereocenters. The van der Waals surface area contributed by atoms with Crippen molar-refractivity contribution in [1.82, 2.24) is 10.2 Å². The van der Waals surface area contributed by atoms with Crippen LogP contribution < -0.4 is 14.7 Å². The summed E-state index contributed by atoms with van der Waals surface area (Å²) in [5.74, 6) is -1.75. The maximum atomic E-state index is 13.3. The molecule has 1 aliphatic carbocycles. The van der Waals surface area contributed by atoms with Gasteiger partial charge in [-0.1, -0.05) is 18.2 Å². The molecule has 9 heteroatoms. The molecule has 2 aromatic carbocycles. The van der Waals surface area contributed by atoms with E-state index < -0.39 is 17.8 Å². The molecule has 3 aromatic rings. The van der Waals surface area contributed by atoms with Crippen LogP contribution in [-0.4, -0.2) is 34.1 Å². The van der Waals surface area contributed by atoms with Crippen molar-refractivity contribution in [2.75, 3.05) is 4.90 Å². The second-order valence-electron chi connectivity index (χ2n) is 7.72. The minimum Gasteiger partial charge on any atom is -0.539 e. The van der Waals surface area contributed by atoms with Gasteiger partial charge in [0.2, 0.25) is 11.6 Å². The van der Waals surface area contributed by atoms with Gasteiger partial charge in [-0.2, -0.15) is 0 Å². The number of anilines is 1. The highest BCUT2D eigenvalue weighted by Crippen LogP contribution is 2.35. The van der Waals surface area contributed by atoms with Gasteiger partial charge < -0.3 is 9.63 Å². The first kappa shape index (κ1) is 19.4. The van der Waals surface area contributed by atoms with Crippen LogP contribution in [-0.2, 0) is 16.1 Å². The SMILES string of the molecule is O=C1CC(N(Cc2c([O-])on[n+]2-c2ccccc2)C2CC2)C(=O)N1c1ccc(F)cc1. The Morgan fingerprint density at radius 2 is 1.84 bits per heavy atom. The average molecular weight is 422 g/mol. The molecular formula is C22H19FN4O4. The molecule has 1 aliphatic heterocycles. The Bertz CT molecular complexity index is 1130. The summed E-state index contributed by atoms with van der Waals surface area (Å²) in [6.45, 7) is 0.128. The van der Waals surface area contributed by atoms with Crippen molar-refractivity contribution in [2.45, 2.75) is 37.9 Å². The Morgan fingerprint density at radius 1 is 1.13 bits per heavy atom. The lowest BCUT2D eigenvalue weighted by atomic mass is 10.2. The monoisotopic (exact) mass is 422 g/mol. The zero-order valence-corrected chi connectivity index (χ0v) is 16.5. The van der Waals surface area contributed by atoms with E-state index in [2.05, 4.69) is 5.27 Å². The molecule has 1 saturated heterocycles. The van der Waals surface area contributed by atoms with Gasteiger partial charge in [0.05, 0.1) is 30.0 Å². The predicted octanol–water partition coefficient (Wildman–Crippen LogP) is 1.46. The number of hydrogen-bond donors (Lipinski definition) is 0. The molecule has 0 bridgehead atoms. The van der Waals surface area contributed by atoms with Crippen LogP contribution >= 0.6 is 0 Å². The second kappa shape index (κ2) is 7.59. The van der Waals surface area contributed by atoms with E-state index in [0.29, 0.717) is 17.1 Å². The summed E-state index contributed by atoms with van der Waals surface area (Å²) in [4.78, 5) is 28.8. The molecule has 8 nitrogen and oxygen atoms in total. The van der Waals surface area contributed by atoms with Crippen LogP contribution in [0.25, 0.3) is 5.69 Å². The van der Waals surface area contributed by atoms with Gasteiger partial charge in [0, 0.05) is 18.2 Å². The maximum absolute atomic E-state index is 13.3. The number of carbonyl (C=O) groups excluding carboxylic acids is 2. The summed E-state index contributed by atoms with van der Waals surface area (Å²) in [5.41, 5.74) is 1.29. The Labute approximate surface area is 177 Å². The first-order valence-corrected chi connectivity index (χ1v) is 10.0. The van der Waals surface area contributed by atoms with E-state index in [0.717, 1.165) is 17.7 Å². The van der Waals surface area contributed by atoms with Gasteiger partial charge in [0.15, 0.2) is 5.95 Å². The molecule has 5 rings (SSSR count). The van der Waals surface area contributed by atoms with Crippen LogP contribution in [0.1, 0.15) is 25.0 Å². The molecule has 0 radical (unpaired) electrons. The Morgan fingerprint density at radius 3 is 2.52 bits per heavy atom. The minimum absolute atomic E-state index is 0.00246. The molecule has 1 aromatic heterocycles. The number of nitrogens with zero attached hydrogens (tertiary/aromatic N) is 4. The fourth-order valence-corrected chi connectivity index (χ4v) is 3.98. The smallest absolute Gasteiger partial charge is 0.254 e. The fourth-order valence-electron chi connectivity index (χ4n) is 3.98. The lowest BCUT2D eigenvalue weighted by Gasteiger charge is -2.25. The van der Waals surface area contributed by atoms with Crippen molar-refractivity contribution < 1.29 is 28.3 Å². The topological polar surface area (TPSA) is 93.6 Å². The van der Waals surface area contributed by atoms with E-state index in [1.165, 1.54) is 28.9 Å². The van der Waals surface area contributed by atoms with Crippen LogP contribution in [0.4, 0.5) is 10.1 Å². The Balaban J connectivity index is 1.44. The maximum Gasteiger partial charge on any atom is 0.254 e. The highest BCUT2D eigenvalue weighted by molar-refractivity contribution is 6.22. The van der Waals surface area contributed by atoms with Gasteiger partial charge in [-0.3, -0.25) is 14.5 Å². The third-order valence-corrected chi connectivity index (χ3v) is 5.65. The summed E-state index contributed by atoms with van der Waals surface area (Å²) in [7, 11) is 0. The Hall–Kier alpha value is -3.59. The molecule has 2 amide bonds. The van der Waals surface area contributed by atoms with Crippen molar-refractivity contribution in [3.8, 4) is 11.6 Å². The minimum atomic E-state index is -0.705. The molecule has 2 fully saturated rings. The molecule has 0 N–H and O–H groups in total. The number of rotatable bonds is 6. The van der Waals surface area contributed by atoms with Crippen molar-refractivity contribution in [1.29, 1.82) is 0 Å². The predicted molar refractivity (Wildman–Crippen MR) is 103 cm³/mol. The standard InChI is InChI=1S/C22H19FN4O4/c23-14-6-8-16(9-7-14)26-20(28)12-18(21(26)29)25(15-10-11-15)13-19-22(30)31-24-27(19)17-4-2-1-3-5-17/h1-9,15,18H,10-13H2. The molecule has 2 heterocycles. The fraction of sp³-hybridized carbons (Fsp3) is 0.273. The zero-order chi connectivity index (χ0) is 21.5. The van der Waals surface area contributed by atoms with E-state index >= 15 is 0 Å². The lowest BCUT2D eigenvalue weighted by molar-refractivity contribution is -0.678. The van der Waals surface area contributed by atoms with Crippen molar-refractivity contribution in [3.63, 3.8) is 0 Å². The first-order chi connectivity index (χ1) is 15.0. The summed E-state index contributed by atoms with van der Waals surface area (Å²) < 4.78 is 19.6. The summed E-state index contributed by atoms with van der Waals surface area (Å²) in [5, 5.41) is 16.3. The number of benzene rings is 2. The molecule has 31 heavy (non-hydrogen) atoms. The van der Waals surface area contributed by atoms with Crippen molar-refractivity contribution in [3.05, 3.63) is 66.1 Å². The van der Waals surface area contributed by atoms with Gasteiger partial charge in [0.1, 0.15) is 5.82 Å². The van der Waals surface area contributed by atoms with E-state index in [-0.39, 0.29) is 30.8 Å². The van der Waals surface area contributed by atoms with Crippen LogP contribution in [0.3, 0.4) is 0 Å². The number of para-hydroxylation sites is 1. The lowest BCUT2D eigenvalue weighted by Crippen LogP contribution is -2.46. The van der Waals surface area contributed by atoms with Gasteiger partial charge >= 0.3 is 0 Å². The van der Waals surface area contributed by atoms with Crippen LogP contribution in [0.2, 0.25) is 0 Å².